The number of aromatic amines is 1. The number of nitrogens with zero attached hydrogens (tertiary/aromatic N) is 3. The van der Waals surface area contributed by atoms with E-state index in [0.29, 0.717) is 25.1 Å². The van der Waals surface area contributed by atoms with Crippen LogP contribution in [0.1, 0.15) is 11.4 Å². The molecule has 0 bridgehead atoms. The number of rotatable bonds is 2. The van der Waals surface area contributed by atoms with Crippen LogP contribution in [0.5, 0.6) is 0 Å². The standard InChI is InChI=1S/C13H15FN4O/c14-11-4-2-1-3-10(11)9-17-6-5-12-15-16-13(19)18(12)8-7-17/h1-4H,5-9H2,(H,16,19). The molecule has 3 rings (SSSR count). The molecule has 0 aliphatic carbocycles. The predicted octanol–water partition coefficient (Wildman–Crippen LogP) is 0.769. The van der Waals surface area contributed by atoms with Gasteiger partial charge >= 0.3 is 5.69 Å². The fourth-order valence-electron chi connectivity index (χ4n) is 2.41. The molecule has 2 heterocycles. The van der Waals surface area contributed by atoms with E-state index in [1.165, 1.54) is 6.07 Å². The minimum Gasteiger partial charge on any atom is -0.297 e. The van der Waals surface area contributed by atoms with E-state index in [0.717, 1.165) is 18.9 Å². The maximum Gasteiger partial charge on any atom is 0.343 e. The van der Waals surface area contributed by atoms with E-state index in [4.69, 9.17) is 0 Å². The molecule has 0 radical (unpaired) electrons. The van der Waals surface area contributed by atoms with Crippen LogP contribution in [0, 0.1) is 5.82 Å². The van der Waals surface area contributed by atoms with Crippen molar-refractivity contribution in [3.8, 4) is 0 Å². The number of hydrogen-bond donors (Lipinski definition) is 1. The van der Waals surface area contributed by atoms with Gasteiger partial charge in [-0.05, 0) is 6.07 Å². The summed E-state index contributed by atoms with van der Waals surface area (Å²) in [6.45, 7) is 2.66. The minimum atomic E-state index is -0.178. The highest BCUT2D eigenvalue weighted by molar-refractivity contribution is 5.17. The van der Waals surface area contributed by atoms with Crippen LogP contribution in [0.15, 0.2) is 29.1 Å². The summed E-state index contributed by atoms with van der Waals surface area (Å²) >= 11 is 0. The van der Waals surface area contributed by atoms with Crippen molar-refractivity contribution in [2.24, 2.45) is 0 Å². The van der Waals surface area contributed by atoms with Gasteiger partial charge in [0.25, 0.3) is 0 Å². The Morgan fingerprint density at radius 1 is 1.26 bits per heavy atom. The molecule has 0 unspecified atom stereocenters. The molecule has 1 N–H and O–H groups in total. The lowest BCUT2D eigenvalue weighted by Gasteiger charge is -2.19. The average Bonchev–Trinajstić information content (AvgIpc) is 2.64. The molecule has 1 aliphatic rings. The molecule has 1 aliphatic heterocycles. The lowest BCUT2D eigenvalue weighted by Crippen LogP contribution is -2.28. The second-order valence-electron chi connectivity index (χ2n) is 4.71. The second kappa shape index (κ2) is 4.97. The summed E-state index contributed by atoms with van der Waals surface area (Å²) in [7, 11) is 0. The first-order valence-electron chi connectivity index (χ1n) is 6.34. The third-order valence-corrected chi connectivity index (χ3v) is 3.48. The number of aromatic nitrogens is 3. The van der Waals surface area contributed by atoms with Crippen LogP contribution in [-0.4, -0.2) is 32.8 Å². The third-order valence-electron chi connectivity index (χ3n) is 3.48. The number of nitrogens with one attached hydrogen (secondary N) is 1. The first-order valence-corrected chi connectivity index (χ1v) is 6.34. The Bertz CT molecular complexity index is 634. The van der Waals surface area contributed by atoms with Gasteiger partial charge in [-0.1, -0.05) is 18.2 Å². The van der Waals surface area contributed by atoms with Crippen molar-refractivity contribution in [3.05, 3.63) is 52.0 Å². The van der Waals surface area contributed by atoms with E-state index in [2.05, 4.69) is 15.1 Å². The van der Waals surface area contributed by atoms with Crippen molar-refractivity contribution in [1.29, 1.82) is 0 Å². The van der Waals surface area contributed by atoms with Gasteiger partial charge in [0, 0.05) is 38.2 Å². The van der Waals surface area contributed by atoms with Crippen molar-refractivity contribution >= 4 is 0 Å². The van der Waals surface area contributed by atoms with E-state index in [9.17, 15) is 9.18 Å². The molecule has 0 saturated heterocycles. The van der Waals surface area contributed by atoms with E-state index in [-0.39, 0.29) is 11.5 Å². The molecule has 1 aromatic heterocycles. The van der Waals surface area contributed by atoms with Crippen LogP contribution in [0.2, 0.25) is 0 Å². The quantitative estimate of drug-likeness (QED) is 0.869. The van der Waals surface area contributed by atoms with Gasteiger partial charge < -0.3 is 0 Å². The first kappa shape index (κ1) is 12.1. The summed E-state index contributed by atoms with van der Waals surface area (Å²) in [5.41, 5.74) is 0.527. The fraction of sp³-hybridized carbons (Fsp3) is 0.385. The summed E-state index contributed by atoms with van der Waals surface area (Å²) in [6, 6.07) is 6.80. The van der Waals surface area contributed by atoms with Crippen molar-refractivity contribution in [2.75, 3.05) is 13.1 Å². The minimum absolute atomic E-state index is 0.164. The molecule has 6 heteroatoms. The monoisotopic (exact) mass is 262 g/mol. The summed E-state index contributed by atoms with van der Waals surface area (Å²) in [5.74, 6) is 0.600. The largest absolute Gasteiger partial charge is 0.343 e. The topological polar surface area (TPSA) is 53.9 Å². The van der Waals surface area contributed by atoms with E-state index >= 15 is 0 Å². The molecule has 0 fully saturated rings. The van der Waals surface area contributed by atoms with Crippen LogP contribution >= 0.6 is 0 Å². The highest BCUT2D eigenvalue weighted by atomic mass is 19.1. The van der Waals surface area contributed by atoms with Gasteiger partial charge in [-0.2, -0.15) is 5.10 Å². The van der Waals surface area contributed by atoms with E-state index < -0.39 is 0 Å². The molecule has 2 aromatic rings. The Kier molecular flexibility index (Phi) is 3.16. The second-order valence-corrected chi connectivity index (χ2v) is 4.71. The Morgan fingerprint density at radius 3 is 2.95 bits per heavy atom. The molecule has 5 nitrogen and oxygen atoms in total. The highest BCUT2D eigenvalue weighted by Gasteiger charge is 2.17. The third kappa shape index (κ3) is 2.44. The Morgan fingerprint density at radius 2 is 2.11 bits per heavy atom. The molecule has 1 aromatic carbocycles. The molecule has 0 saturated carbocycles. The SMILES string of the molecule is O=c1[nH]nc2n1CCN(Cc1ccccc1F)CC2. The predicted molar refractivity (Wildman–Crippen MR) is 68.2 cm³/mol. The Labute approximate surface area is 109 Å². The first-order chi connectivity index (χ1) is 9.24. The molecule has 0 spiro atoms. The van der Waals surface area contributed by atoms with Crippen LogP contribution in [-0.2, 0) is 19.5 Å². The molecule has 0 amide bonds. The van der Waals surface area contributed by atoms with Gasteiger partial charge in [0.1, 0.15) is 11.6 Å². The van der Waals surface area contributed by atoms with Crippen LogP contribution in [0.3, 0.4) is 0 Å². The number of benzene rings is 1. The maximum absolute atomic E-state index is 13.6. The zero-order valence-corrected chi connectivity index (χ0v) is 10.5. The number of H-pyrrole nitrogens is 1. The van der Waals surface area contributed by atoms with Crippen molar-refractivity contribution in [1.82, 2.24) is 19.7 Å². The zero-order chi connectivity index (χ0) is 13.2. The van der Waals surface area contributed by atoms with Gasteiger partial charge in [0.2, 0.25) is 0 Å². The van der Waals surface area contributed by atoms with Crippen LogP contribution < -0.4 is 5.69 Å². The van der Waals surface area contributed by atoms with Gasteiger partial charge in [-0.25, -0.2) is 14.3 Å². The number of halogens is 1. The smallest absolute Gasteiger partial charge is 0.297 e. The summed E-state index contributed by atoms with van der Waals surface area (Å²) in [5, 5.41) is 6.46. The molecular weight excluding hydrogens is 247 g/mol. The molecular formula is C13H15FN4O. The molecule has 100 valence electrons. The van der Waals surface area contributed by atoms with Crippen molar-refractivity contribution in [2.45, 2.75) is 19.5 Å². The average molecular weight is 262 g/mol. The van der Waals surface area contributed by atoms with Gasteiger partial charge in [0.05, 0.1) is 0 Å². The summed E-state index contributed by atoms with van der Waals surface area (Å²) in [4.78, 5) is 13.6. The van der Waals surface area contributed by atoms with E-state index in [1.807, 2.05) is 6.07 Å². The fourth-order valence-corrected chi connectivity index (χ4v) is 2.41. The molecule has 19 heavy (non-hydrogen) atoms. The maximum atomic E-state index is 13.6. The van der Waals surface area contributed by atoms with Crippen molar-refractivity contribution < 1.29 is 4.39 Å². The van der Waals surface area contributed by atoms with Gasteiger partial charge in [0.15, 0.2) is 0 Å². The normalized spacial score (nSPS) is 16.1. The lowest BCUT2D eigenvalue weighted by atomic mass is 10.2. The Hall–Kier alpha value is -1.95. The zero-order valence-electron chi connectivity index (χ0n) is 10.5. The summed E-state index contributed by atoms with van der Waals surface area (Å²) < 4.78 is 15.3. The van der Waals surface area contributed by atoms with Crippen LogP contribution in [0.25, 0.3) is 0 Å². The van der Waals surface area contributed by atoms with Gasteiger partial charge in [-0.3, -0.25) is 9.47 Å². The van der Waals surface area contributed by atoms with Crippen molar-refractivity contribution in [3.63, 3.8) is 0 Å². The summed E-state index contributed by atoms with van der Waals surface area (Å²) in [6.07, 6.45) is 0.702. The molecule has 0 atom stereocenters. The van der Waals surface area contributed by atoms with Crippen LogP contribution in [0.4, 0.5) is 4.39 Å². The van der Waals surface area contributed by atoms with Gasteiger partial charge in [-0.15, -0.1) is 0 Å². The Balaban J connectivity index is 1.73. The highest BCUT2D eigenvalue weighted by Crippen LogP contribution is 2.12. The number of fused-ring (bicyclic) bond motifs is 1. The van der Waals surface area contributed by atoms with E-state index in [1.54, 1.807) is 16.7 Å². The number of hydrogen-bond acceptors (Lipinski definition) is 3. The lowest BCUT2D eigenvalue weighted by molar-refractivity contribution is 0.266.